The van der Waals surface area contributed by atoms with Crippen molar-refractivity contribution in [3.63, 3.8) is 0 Å². The van der Waals surface area contributed by atoms with Crippen molar-refractivity contribution in [3.05, 3.63) is 76.2 Å². The molecule has 0 aliphatic carbocycles. The molecule has 3 heterocycles. The van der Waals surface area contributed by atoms with Crippen molar-refractivity contribution in [1.29, 1.82) is 0 Å². The molecule has 0 spiro atoms. The summed E-state index contributed by atoms with van der Waals surface area (Å²) in [7, 11) is 1.61. The van der Waals surface area contributed by atoms with Crippen molar-refractivity contribution in [3.8, 4) is 11.1 Å². The number of pyridine rings is 1. The number of carbonyl (C=O) groups is 1. The highest BCUT2D eigenvalue weighted by atomic mass is 19.1. The molecular weight excluding hydrogens is 385 g/mol. The van der Waals surface area contributed by atoms with E-state index in [1.54, 1.807) is 30.3 Å². The third kappa shape index (κ3) is 3.80. The van der Waals surface area contributed by atoms with E-state index in [9.17, 15) is 14.0 Å². The summed E-state index contributed by atoms with van der Waals surface area (Å²) in [5, 5.41) is 0. The first-order chi connectivity index (χ1) is 14.4. The van der Waals surface area contributed by atoms with E-state index in [4.69, 9.17) is 5.73 Å². The van der Waals surface area contributed by atoms with E-state index in [0.717, 1.165) is 12.8 Å². The van der Waals surface area contributed by atoms with Gasteiger partial charge in [0.2, 0.25) is 11.5 Å². The maximum Gasteiger partial charge on any atom is 0.255 e. The van der Waals surface area contributed by atoms with Gasteiger partial charge in [-0.2, -0.15) is 0 Å². The zero-order valence-corrected chi connectivity index (χ0v) is 16.6. The van der Waals surface area contributed by atoms with Crippen LogP contribution in [0.1, 0.15) is 41.4 Å². The number of rotatable bonds is 3. The normalized spacial score (nSPS) is 16.5. The molecule has 154 valence electrons. The quantitative estimate of drug-likeness (QED) is 0.720. The maximum absolute atomic E-state index is 13.8. The molecule has 1 aromatic carbocycles. The first kappa shape index (κ1) is 19.8. The molecule has 1 saturated heterocycles. The van der Waals surface area contributed by atoms with Crippen LogP contribution in [0.4, 0.5) is 10.3 Å². The van der Waals surface area contributed by atoms with E-state index in [2.05, 4.69) is 9.97 Å². The molecule has 0 unspecified atom stereocenters. The van der Waals surface area contributed by atoms with E-state index in [1.165, 1.54) is 35.0 Å². The van der Waals surface area contributed by atoms with Gasteiger partial charge in [-0.05, 0) is 43.0 Å². The van der Waals surface area contributed by atoms with Crippen LogP contribution >= 0.6 is 0 Å². The predicted molar refractivity (Wildman–Crippen MR) is 111 cm³/mol. The zero-order valence-electron chi connectivity index (χ0n) is 16.6. The number of amides is 1. The van der Waals surface area contributed by atoms with Gasteiger partial charge in [-0.3, -0.25) is 9.59 Å². The van der Waals surface area contributed by atoms with Crippen LogP contribution in [0.5, 0.6) is 0 Å². The molecule has 3 aromatic rings. The van der Waals surface area contributed by atoms with Crippen molar-refractivity contribution >= 4 is 11.9 Å². The van der Waals surface area contributed by atoms with Gasteiger partial charge in [-0.25, -0.2) is 14.4 Å². The number of anilines is 1. The molecule has 0 saturated carbocycles. The second-order valence-electron chi connectivity index (χ2n) is 7.41. The molecule has 8 heteroatoms. The maximum atomic E-state index is 13.8. The number of nitrogen functional groups attached to an aromatic ring is 1. The van der Waals surface area contributed by atoms with Crippen LogP contribution in [-0.4, -0.2) is 31.9 Å². The van der Waals surface area contributed by atoms with Gasteiger partial charge in [0.25, 0.3) is 5.91 Å². The lowest BCUT2D eigenvalue weighted by Gasteiger charge is -2.36. The van der Waals surface area contributed by atoms with Crippen LogP contribution in [-0.2, 0) is 7.05 Å². The molecule has 4 rings (SSSR count). The Morgan fingerprint density at radius 3 is 2.83 bits per heavy atom. The molecule has 1 aliphatic heterocycles. The van der Waals surface area contributed by atoms with Crippen LogP contribution < -0.4 is 11.3 Å². The number of aromatic nitrogens is 3. The fraction of sp³-hybridized carbons (Fsp3) is 0.273. The minimum absolute atomic E-state index is 0.102. The summed E-state index contributed by atoms with van der Waals surface area (Å²) in [5.41, 5.74) is 8.00. The number of aryl methyl sites for hydroxylation is 1. The Balaban J connectivity index is 1.78. The molecule has 0 bridgehead atoms. The number of nitrogens with two attached hydrogens (primary N) is 1. The lowest BCUT2D eigenvalue weighted by molar-refractivity contribution is 0.0606. The Hall–Kier alpha value is -3.55. The van der Waals surface area contributed by atoms with Crippen molar-refractivity contribution in [2.24, 2.45) is 7.05 Å². The highest BCUT2D eigenvalue weighted by molar-refractivity contribution is 5.94. The molecule has 0 radical (unpaired) electrons. The number of carbonyl (C=O) groups excluding carboxylic acids is 1. The Labute approximate surface area is 173 Å². The summed E-state index contributed by atoms with van der Waals surface area (Å²) >= 11 is 0. The van der Waals surface area contributed by atoms with Crippen LogP contribution in [0.2, 0.25) is 0 Å². The molecule has 30 heavy (non-hydrogen) atoms. The number of likely N-dealkylation sites (tertiary alicyclic amines) is 1. The predicted octanol–water partition coefficient (Wildman–Crippen LogP) is 2.93. The highest BCUT2D eigenvalue weighted by Crippen LogP contribution is 2.36. The van der Waals surface area contributed by atoms with E-state index < -0.39 is 0 Å². The Morgan fingerprint density at radius 2 is 2.07 bits per heavy atom. The first-order valence-electron chi connectivity index (χ1n) is 9.80. The fourth-order valence-electron chi connectivity index (χ4n) is 3.89. The SMILES string of the molecule is Cn1cc(C(=O)N2CCCC[C@@H]2c2nc(N)ncc2-c2cccc(F)c2)ccc1=O. The van der Waals surface area contributed by atoms with E-state index in [1.807, 2.05) is 0 Å². The van der Waals surface area contributed by atoms with E-state index >= 15 is 0 Å². The summed E-state index contributed by atoms with van der Waals surface area (Å²) in [6.45, 7) is 0.554. The number of halogens is 1. The molecule has 2 aromatic heterocycles. The lowest BCUT2D eigenvalue weighted by atomic mass is 9.93. The van der Waals surface area contributed by atoms with E-state index in [-0.39, 0.29) is 29.3 Å². The van der Waals surface area contributed by atoms with Gasteiger partial charge < -0.3 is 15.2 Å². The van der Waals surface area contributed by atoms with Crippen LogP contribution in [0.3, 0.4) is 0 Å². The number of hydrogen-bond donors (Lipinski definition) is 1. The van der Waals surface area contributed by atoms with Gasteiger partial charge in [0.05, 0.1) is 17.3 Å². The standard InChI is InChI=1S/C22H22FN5O2/c1-27-13-15(8-9-19(27)29)21(30)28-10-3-2-7-18(28)20-17(12-25-22(24)26-20)14-5-4-6-16(23)11-14/h4-6,8-9,11-13,18H,2-3,7,10H2,1H3,(H2,24,25,26)/t18-/m1/s1. The van der Waals surface area contributed by atoms with Crippen LogP contribution in [0.15, 0.2) is 53.6 Å². The third-order valence-corrected chi connectivity index (χ3v) is 5.38. The molecule has 1 fully saturated rings. The fourth-order valence-corrected chi connectivity index (χ4v) is 3.89. The number of piperidine rings is 1. The number of hydrogen-bond acceptors (Lipinski definition) is 5. The average molecular weight is 407 g/mol. The minimum atomic E-state index is -0.364. The zero-order chi connectivity index (χ0) is 21.3. The molecule has 2 N–H and O–H groups in total. The molecule has 1 aliphatic rings. The van der Waals surface area contributed by atoms with Crippen molar-refractivity contribution in [1.82, 2.24) is 19.4 Å². The molecule has 1 amide bonds. The van der Waals surface area contributed by atoms with Gasteiger partial charge in [0.15, 0.2) is 0 Å². The Morgan fingerprint density at radius 1 is 1.23 bits per heavy atom. The summed E-state index contributed by atoms with van der Waals surface area (Å²) in [4.78, 5) is 35.3. The first-order valence-corrected chi connectivity index (χ1v) is 9.80. The van der Waals surface area contributed by atoms with E-state index in [0.29, 0.717) is 35.3 Å². The van der Waals surface area contributed by atoms with Gasteiger partial charge in [0.1, 0.15) is 5.82 Å². The third-order valence-electron chi connectivity index (χ3n) is 5.38. The van der Waals surface area contributed by atoms with Crippen LogP contribution in [0.25, 0.3) is 11.1 Å². The lowest BCUT2D eigenvalue weighted by Crippen LogP contribution is -2.39. The number of benzene rings is 1. The molecule has 7 nitrogen and oxygen atoms in total. The van der Waals surface area contributed by atoms with Gasteiger partial charge in [0, 0.05) is 37.6 Å². The van der Waals surface area contributed by atoms with Crippen molar-refractivity contribution < 1.29 is 9.18 Å². The second-order valence-corrected chi connectivity index (χ2v) is 7.41. The second kappa shape index (κ2) is 8.06. The van der Waals surface area contributed by atoms with Gasteiger partial charge in [-0.1, -0.05) is 12.1 Å². The topological polar surface area (TPSA) is 94.1 Å². The van der Waals surface area contributed by atoms with Crippen LogP contribution in [0, 0.1) is 5.82 Å². The number of nitrogens with zero attached hydrogens (tertiary/aromatic N) is 4. The Kier molecular flexibility index (Phi) is 5.31. The minimum Gasteiger partial charge on any atom is -0.368 e. The van der Waals surface area contributed by atoms with Gasteiger partial charge >= 0.3 is 0 Å². The highest BCUT2D eigenvalue weighted by Gasteiger charge is 2.32. The summed E-state index contributed by atoms with van der Waals surface area (Å²) in [6, 6.07) is 8.79. The molecule has 1 atom stereocenters. The van der Waals surface area contributed by atoms with Crippen molar-refractivity contribution in [2.75, 3.05) is 12.3 Å². The molecular formula is C22H22FN5O2. The summed E-state index contributed by atoms with van der Waals surface area (Å²) in [5.74, 6) is -0.444. The smallest absolute Gasteiger partial charge is 0.255 e. The summed E-state index contributed by atoms with van der Waals surface area (Å²) < 4.78 is 15.2. The van der Waals surface area contributed by atoms with Gasteiger partial charge in [-0.15, -0.1) is 0 Å². The summed E-state index contributed by atoms with van der Waals surface area (Å²) in [6.07, 6.45) is 5.61. The Bertz CT molecular complexity index is 1160. The van der Waals surface area contributed by atoms with Crippen molar-refractivity contribution in [2.45, 2.75) is 25.3 Å². The average Bonchev–Trinajstić information content (AvgIpc) is 2.75. The monoisotopic (exact) mass is 407 g/mol. The largest absolute Gasteiger partial charge is 0.368 e.